The smallest absolute Gasteiger partial charge is 0.155 e. The van der Waals surface area contributed by atoms with Gasteiger partial charge in [-0.25, -0.2) is 4.98 Å². The van der Waals surface area contributed by atoms with E-state index >= 15 is 0 Å². The number of hydrogen-bond acceptors (Lipinski definition) is 2. The van der Waals surface area contributed by atoms with Gasteiger partial charge in [0.1, 0.15) is 9.77 Å². The lowest BCUT2D eigenvalue weighted by molar-refractivity contribution is 1.20. The Hall–Kier alpha value is 0.1000. The van der Waals surface area contributed by atoms with Crippen LogP contribution in [0, 0.1) is 18.6 Å². The number of hydrogen-bond donors (Lipinski definition) is 0. The highest BCUT2D eigenvalue weighted by atomic mass is 127. The monoisotopic (exact) mass is 356 g/mol. The van der Waals surface area contributed by atoms with Crippen molar-refractivity contribution < 1.29 is 0 Å². The second kappa shape index (κ2) is 3.48. The van der Waals surface area contributed by atoms with Crippen LogP contribution in [0.4, 0.5) is 0 Å². The minimum Gasteiger partial charge on any atom is -0.230 e. The molecule has 1 aromatic heterocycles. The summed E-state index contributed by atoms with van der Waals surface area (Å²) in [5.41, 5.74) is 0.507. The summed E-state index contributed by atoms with van der Waals surface area (Å²) < 4.78 is 1.76. The molecule has 0 bridgehead atoms. The van der Waals surface area contributed by atoms with E-state index in [9.17, 15) is 0 Å². The molecule has 10 heavy (non-hydrogen) atoms. The number of rotatable bonds is 0. The van der Waals surface area contributed by atoms with Crippen molar-refractivity contribution in [3.8, 4) is 6.07 Å². The average Bonchev–Trinajstić information content (AvgIpc) is 1.94. The third-order valence-electron chi connectivity index (χ3n) is 0.918. The Morgan fingerprint density at radius 1 is 1.40 bits per heavy atom. The molecule has 2 nitrogen and oxygen atoms in total. The van der Waals surface area contributed by atoms with E-state index < -0.39 is 0 Å². The van der Waals surface area contributed by atoms with E-state index in [0.717, 1.165) is 7.27 Å². The van der Waals surface area contributed by atoms with Crippen LogP contribution in [0.2, 0.25) is 0 Å². The molecule has 1 heterocycles. The Bertz CT molecular complexity index is 290. The summed E-state index contributed by atoms with van der Waals surface area (Å²) in [7, 11) is 0. The van der Waals surface area contributed by atoms with Gasteiger partial charge in [0, 0.05) is 3.57 Å². The highest BCUT2D eigenvalue weighted by molar-refractivity contribution is 14.1. The van der Waals surface area contributed by atoms with E-state index in [0.29, 0.717) is 5.69 Å². The third-order valence-corrected chi connectivity index (χ3v) is 2.39. The van der Waals surface area contributed by atoms with Gasteiger partial charge in [-0.2, -0.15) is 5.26 Å². The van der Waals surface area contributed by atoms with Crippen LogP contribution in [0.5, 0.6) is 0 Å². The van der Waals surface area contributed by atoms with Crippen LogP contribution in [0.1, 0.15) is 5.69 Å². The van der Waals surface area contributed by atoms with Crippen LogP contribution in [0.25, 0.3) is 0 Å². The van der Waals surface area contributed by atoms with E-state index in [1.165, 1.54) is 0 Å². The van der Waals surface area contributed by atoms with Crippen molar-refractivity contribution in [3.05, 3.63) is 25.1 Å². The molecule has 0 spiro atoms. The van der Waals surface area contributed by atoms with Crippen molar-refractivity contribution in [2.75, 3.05) is 0 Å². The van der Waals surface area contributed by atoms with Crippen LogP contribution in [0.15, 0.2) is 12.1 Å². The largest absolute Gasteiger partial charge is 0.230 e. The van der Waals surface area contributed by atoms with Gasteiger partial charge in [-0.1, -0.05) is 0 Å². The van der Waals surface area contributed by atoms with Gasteiger partial charge in [-0.05, 0) is 57.3 Å². The molecule has 0 fully saturated rings. The van der Waals surface area contributed by atoms with Crippen molar-refractivity contribution in [1.82, 2.24) is 4.98 Å². The fourth-order valence-corrected chi connectivity index (χ4v) is 1.34. The number of aromatic nitrogens is 1. The maximum absolute atomic E-state index is 8.52. The van der Waals surface area contributed by atoms with Crippen LogP contribution < -0.4 is 0 Å². The molecule has 0 saturated heterocycles. The molecule has 0 unspecified atom stereocenters. The topological polar surface area (TPSA) is 36.7 Å². The predicted molar refractivity (Wildman–Crippen MR) is 54.4 cm³/mol. The summed E-state index contributed by atoms with van der Waals surface area (Å²) in [4.78, 5) is 4.01. The van der Waals surface area contributed by atoms with Gasteiger partial charge in [0.05, 0.1) is 0 Å². The molecular weight excluding hydrogens is 354 g/mol. The summed E-state index contributed by atoms with van der Waals surface area (Å²) in [5.74, 6) is 0. The molecule has 0 N–H and O–H groups in total. The van der Waals surface area contributed by atoms with Crippen LogP contribution in [0.3, 0.4) is 0 Å². The zero-order chi connectivity index (χ0) is 7.56. The first-order valence-corrected chi connectivity index (χ1v) is 4.62. The Balaban J connectivity index is 3.25. The number of halogens is 2. The van der Waals surface area contributed by atoms with Gasteiger partial charge < -0.3 is 0 Å². The number of nitrogens with zero attached hydrogens (tertiary/aromatic N) is 2. The molecule has 1 rings (SSSR count). The number of nitriles is 1. The Morgan fingerprint density at radius 2 is 2.10 bits per heavy atom. The molecular formula is C6H2I2N2. The molecule has 50 valence electrons. The maximum Gasteiger partial charge on any atom is 0.155 e. The molecule has 0 atom stereocenters. The first-order valence-electron chi connectivity index (χ1n) is 2.46. The molecule has 0 radical (unpaired) electrons. The first-order chi connectivity index (χ1) is 4.74. The van der Waals surface area contributed by atoms with Crippen molar-refractivity contribution in [3.63, 3.8) is 0 Å². The SMILES string of the molecule is N#Cc1nc(I)ccc1I. The Kier molecular flexibility index (Phi) is 2.85. The van der Waals surface area contributed by atoms with Gasteiger partial charge in [0.15, 0.2) is 5.69 Å². The fraction of sp³-hybridized carbons (Fsp3) is 0. The summed E-state index contributed by atoms with van der Waals surface area (Å²) >= 11 is 4.17. The molecule has 4 heteroatoms. The van der Waals surface area contributed by atoms with Crippen molar-refractivity contribution >= 4 is 45.2 Å². The van der Waals surface area contributed by atoms with E-state index in [2.05, 4.69) is 50.2 Å². The van der Waals surface area contributed by atoms with Crippen molar-refractivity contribution in [1.29, 1.82) is 5.26 Å². The standard InChI is InChI=1S/C6H2I2N2/c7-4-1-2-6(8)10-5(4)3-9/h1-2H. The van der Waals surface area contributed by atoms with Crippen LogP contribution in [-0.4, -0.2) is 4.98 Å². The average molecular weight is 356 g/mol. The molecule has 0 aliphatic carbocycles. The second-order valence-corrected chi connectivity index (χ2v) is 3.84. The Labute approximate surface area is 85.9 Å². The van der Waals surface area contributed by atoms with E-state index in [-0.39, 0.29) is 0 Å². The van der Waals surface area contributed by atoms with E-state index in [1.54, 1.807) is 0 Å². The summed E-state index contributed by atoms with van der Waals surface area (Å²) in [6, 6.07) is 5.77. The predicted octanol–water partition coefficient (Wildman–Crippen LogP) is 2.16. The summed E-state index contributed by atoms with van der Waals surface area (Å²) in [5, 5.41) is 8.52. The van der Waals surface area contributed by atoms with Gasteiger partial charge in [-0.3, -0.25) is 0 Å². The summed E-state index contributed by atoms with van der Waals surface area (Å²) in [6.07, 6.45) is 0. The highest BCUT2D eigenvalue weighted by Gasteiger charge is 1.98. The molecule has 0 amide bonds. The lowest BCUT2D eigenvalue weighted by Gasteiger charge is -1.92. The third kappa shape index (κ3) is 1.79. The molecule has 0 aliphatic heterocycles. The lowest BCUT2D eigenvalue weighted by Crippen LogP contribution is -1.88. The first kappa shape index (κ1) is 8.20. The zero-order valence-corrected chi connectivity index (χ0v) is 9.12. The minimum absolute atomic E-state index is 0.507. The van der Waals surface area contributed by atoms with Gasteiger partial charge >= 0.3 is 0 Å². The zero-order valence-electron chi connectivity index (χ0n) is 4.81. The molecule has 1 aromatic rings. The van der Waals surface area contributed by atoms with Crippen LogP contribution in [-0.2, 0) is 0 Å². The fourth-order valence-electron chi connectivity index (χ4n) is 0.497. The van der Waals surface area contributed by atoms with Gasteiger partial charge in [0.25, 0.3) is 0 Å². The van der Waals surface area contributed by atoms with Gasteiger partial charge in [0.2, 0.25) is 0 Å². The normalized spacial score (nSPS) is 8.90. The molecule has 0 aromatic carbocycles. The molecule has 0 aliphatic rings. The van der Waals surface area contributed by atoms with E-state index in [1.807, 2.05) is 18.2 Å². The Morgan fingerprint density at radius 3 is 2.60 bits per heavy atom. The quantitative estimate of drug-likeness (QED) is 0.528. The minimum atomic E-state index is 0.507. The van der Waals surface area contributed by atoms with Crippen molar-refractivity contribution in [2.45, 2.75) is 0 Å². The molecule has 0 saturated carbocycles. The van der Waals surface area contributed by atoms with E-state index in [4.69, 9.17) is 5.26 Å². The van der Waals surface area contributed by atoms with Gasteiger partial charge in [-0.15, -0.1) is 0 Å². The maximum atomic E-state index is 8.52. The number of pyridine rings is 1. The lowest BCUT2D eigenvalue weighted by atomic mass is 10.4. The highest BCUT2D eigenvalue weighted by Crippen LogP contribution is 2.10. The van der Waals surface area contributed by atoms with Crippen molar-refractivity contribution in [2.24, 2.45) is 0 Å². The second-order valence-electron chi connectivity index (χ2n) is 1.58. The van der Waals surface area contributed by atoms with Crippen LogP contribution >= 0.6 is 45.2 Å². The summed E-state index contributed by atoms with van der Waals surface area (Å²) in [6.45, 7) is 0.